The lowest BCUT2D eigenvalue weighted by molar-refractivity contribution is 0.865. The molecule has 1 unspecified atom stereocenters. The van der Waals surface area contributed by atoms with Gasteiger partial charge in [-0.05, 0) is 65.2 Å². The second kappa shape index (κ2) is 10.1. The maximum atomic E-state index is 7.69. The molecule has 0 fully saturated rings. The van der Waals surface area contributed by atoms with Gasteiger partial charge in [0.2, 0.25) is 0 Å². The molecule has 35 heavy (non-hydrogen) atoms. The summed E-state index contributed by atoms with van der Waals surface area (Å²) < 4.78 is 0. The fraction of sp³-hybridized carbons (Fsp3) is 0.0645. The number of aromatic amines is 1. The summed E-state index contributed by atoms with van der Waals surface area (Å²) in [7, 11) is 0. The first-order chi connectivity index (χ1) is 17.2. The van der Waals surface area contributed by atoms with Gasteiger partial charge in [0.05, 0.1) is 0 Å². The molecule has 0 radical (unpaired) electrons. The summed E-state index contributed by atoms with van der Waals surface area (Å²) in [6, 6.07) is 35.3. The number of nitrogens with two attached hydrogens (primary N) is 1. The fourth-order valence-electron chi connectivity index (χ4n) is 4.57. The Morgan fingerprint density at radius 3 is 2.14 bits per heavy atom. The smallest absolute Gasteiger partial charge is 0.0485 e. The molecule has 1 heterocycles. The van der Waals surface area contributed by atoms with Crippen LogP contribution in [0.4, 0.5) is 17.1 Å². The van der Waals surface area contributed by atoms with Gasteiger partial charge in [0.15, 0.2) is 0 Å². The average molecular weight is 457 g/mol. The van der Waals surface area contributed by atoms with E-state index in [0.717, 1.165) is 44.9 Å². The van der Waals surface area contributed by atoms with Crippen LogP contribution in [-0.4, -0.2) is 11.2 Å². The van der Waals surface area contributed by atoms with Crippen LogP contribution < -0.4 is 11.1 Å². The standard InChI is InChI=1S/C31H28N4/c32-16-14-27(25-15-17-34-21-25)24-12-7-13-26(18-24)35-31-20-30(33)28(22-8-3-1-4-9-22)19-29(31)23-10-5-2-6-11-23/h1-13,15-21,27,32,34-35H,14,33H2. The van der Waals surface area contributed by atoms with Crippen LogP contribution in [-0.2, 0) is 0 Å². The van der Waals surface area contributed by atoms with Gasteiger partial charge in [-0.15, -0.1) is 0 Å². The van der Waals surface area contributed by atoms with E-state index in [-0.39, 0.29) is 5.92 Å². The maximum Gasteiger partial charge on any atom is 0.0485 e. The van der Waals surface area contributed by atoms with Crippen molar-refractivity contribution in [3.05, 3.63) is 127 Å². The number of hydrogen-bond donors (Lipinski definition) is 4. The predicted octanol–water partition coefficient (Wildman–Crippen LogP) is 7.85. The number of nitrogens with one attached hydrogen (secondary N) is 3. The topological polar surface area (TPSA) is 77.7 Å². The van der Waals surface area contributed by atoms with E-state index in [9.17, 15) is 0 Å². The minimum Gasteiger partial charge on any atom is -0.398 e. The van der Waals surface area contributed by atoms with Gasteiger partial charge >= 0.3 is 0 Å². The molecule has 4 aromatic carbocycles. The summed E-state index contributed by atoms with van der Waals surface area (Å²) in [5.41, 5.74) is 15.9. The first kappa shape index (κ1) is 22.2. The molecule has 4 heteroatoms. The zero-order valence-electron chi connectivity index (χ0n) is 19.4. The van der Waals surface area contributed by atoms with Gasteiger partial charge in [0.25, 0.3) is 0 Å². The highest BCUT2D eigenvalue weighted by Gasteiger charge is 2.16. The molecule has 1 aromatic heterocycles. The quantitative estimate of drug-likeness (QED) is 0.142. The van der Waals surface area contributed by atoms with Gasteiger partial charge in [0, 0.05) is 46.5 Å². The van der Waals surface area contributed by atoms with Crippen molar-refractivity contribution in [1.29, 1.82) is 5.41 Å². The Labute approximate surface area is 206 Å². The number of nitrogen functional groups attached to an aromatic ring is 1. The normalized spacial score (nSPS) is 11.7. The van der Waals surface area contributed by atoms with Crippen molar-refractivity contribution in [1.82, 2.24) is 4.98 Å². The first-order valence-corrected chi connectivity index (χ1v) is 11.8. The lowest BCUT2D eigenvalue weighted by atomic mass is 9.90. The lowest BCUT2D eigenvalue weighted by Gasteiger charge is -2.19. The highest BCUT2D eigenvalue weighted by Crippen LogP contribution is 2.39. The molecule has 0 saturated carbocycles. The molecule has 0 spiro atoms. The van der Waals surface area contributed by atoms with E-state index < -0.39 is 0 Å². The van der Waals surface area contributed by atoms with Crippen molar-refractivity contribution >= 4 is 23.3 Å². The second-order valence-corrected chi connectivity index (χ2v) is 8.60. The Bertz CT molecular complexity index is 1410. The molecule has 0 aliphatic heterocycles. The zero-order valence-corrected chi connectivity index (χ0v) is 19.4. The molecule has 172 valence electrons. The number of anilines is 3. The summed E-state index contributed by atoms with van der Waals surface area (Å²) >= 11 is 0. The summed E-state index contributed by atoms with van der Waals surface area (Å²) in [4.78, 5) is 3.14. The van der Waals surface area contributed by atoms with Gasteiger partial charge in [-0.2, -0.15) is 0 Å². The number of H-pyrrole nitrogens is 1. The van der Waals surface area contributed by atoms with Gasteiger partial charge < -0.3 is 21.4 Å². The minimum absolute atomic E-state index is 0.125. The monoisotopic (exact) mass is 456 g/mol. The fourth-order valence-corrected chi connectivity index (χ4v) is 4.57. The van der Waals surface area contributed by atoms with E-state index in [2.05, 4.69) is 83.1 Å². The van der Waals surface area contributed by atoms with Crippen LogP contribution >= 0.6 is 0 Å². The van der Waals surface area contributed by atoms with Crippen molar-refractivity contribution in [3.63, 3.8) is 0 Å². The minimum atomic E-state index is 0.125. The Morgan fingerprint density at radius 2 is 1.49 bits per heavy atom. The first-order valence-electron chi connectivity index (χ1n) is 11.8. The van der Waals surface area contributed by atoms with Gasteiger partial charge in [-0.1, -0.05) is 72.8 Å². The Morgan fingerprint density at radius 1 is 0.771 bits per heavy atom. The largest absolute Gasteiger partial charge is 0.398 e. The molecule has 0 aliphatic rings. The van der Waals surface area contributed by atoms with Gasteiger partial charge in [-0.3, -0.25) is 0 Å². The maximum absolute atomic E-state index is 7.69. The van der Waals surface area contributed by atoms with Crippen LogP contribution in [0.25, 0.3) is 22.3 Å². The van der Waals surface area contributed by atoms with Gasteiger partial charge in [-0.25, -0.2) is 0 Å². The molecule has 1 atom stereocenters. The van der Waals surface area contributed by atoms with Gasteiger partial charge in [0.1, 0.15) is 0 Å². The van der Waals surface area contributed by atoms with E-state index in [0.29, 0.717) is 6.42 Å². The van der Waals surface area contributed by atoms with Crippen LogP contribution in [0.2, 0.25) is 0 Å². The number of rotatable bonds is 8. The molecule has 5 N–H and O–H groups in total. The third-order valence-corrected chi connectivity index (χ3v) is 6.31. The molecular formula is C31H28N4. The SMILES string of the molecule is N=CCC(c1cc[nH]c1)c1cccc(Nc2cc(N)c(-c3ccccc3)cc2-c2ccccc2)c1. The lowest BCUT2D eigenvalue weighted by Crippen LogP contribution is -2.02. The van der Waals surface area contributed by atoms with Crippen LogP contribution in [0.3, 0.4) is 0 Å². The predicted molar refractivity (Wildman–Crippen MR) is 147 cm³/mol. The summed E-state index contributed by atoms with van der Waals surface area (Å²) in [6.45, 7) is 0. The van der Waals surface area contributed by atoms with E-state index in [1.165, 1.54) is 11.8 Å². The Balaban J connectivity index is 1.56. The van der Waals surface area contributed by atoms with Crippen molar-refractivity contribution < 1.29 is 0 Å². The molecule has 0 saturated heterocycles. The van der Waals surface area contributed by atoms with Crippen LogP contribution in [0.5, 0.6) is 0 Å². The molecule has 0 amide bonds. The van der Waals surface area contributed by atoms with Crippen LogP contribution in [0.1, 0.15) is 23.5 Å². The molecule has 0 bridgehead atoms. The van der Waals surface area contributed by atoms with Crippen LogP contribution in [0, 0.1) is 5.41 Å². The number of aromatic nitrogens is 1. The number of benzene rings is 4. The van der Waals surface area contributed by atoms with E-state index in [1.807, 2.05) is 42.7 Å². The third-order valence-electron chi connectivity index (χ3n) is 6.31. The average Bonchev–Trinajstić information content (AvgIpc) is 3.43. The molecule has 5 rings (SSSR count). The summed E-state index contributed by atoms with van der Waals surface area (Å²) in [5.74, 6) is 0.125. The third kappa shape index (κ3) is 4.87. The number of hydrogen-bond acceptors (Lipinski definition) is 3. The molecule has 0 aliphatic carbocycles. The molecular weight excluding hydrogens is 428 g/mol. The highest BCUT2D eigenvalue weighted by molar-refractivity contribution is 5.91. The van der Waals surface area contributed by atoms with Crippen molar-refractivity contribution in [3.8, 4) is 22.3 Å². The summed E-state index contributed by atoms with van der Waals surface area (Å²) in [5, 5.41) is 11.3. The van der Waals surface area contributed by atoms with E-state index >= 15 is 0 Å². The van der Waals surface area contributed by atoms with Crippen molar-refractivity contribution in [2.75, 3.05) is 11.1 Å². The zero-order chi connectivity index (χ0) is 24.0. The van der Waals surface area contributed by atoms with Crippen molar-refractivity contribution in [2.45, 2.75) is 12.3 Å². The molecule has 4 nitrogen and oxygen atoms in total. The Hall–Kier alpha value is -4.57. The summed E-state index contributed by atoms with van der Waals surface area (Å²) in [6.07, 6.45) is 6.06. The molecule has 5 aromatic rings. The van der Waals surface area contributed by atoms with E-state index in [4.69, 9.17) is 11.1 Å². The Kier molecular flexibility index (Phi) is 6.44. The second-order valence-electron chi connectivity index (χ2n) is 8.60. The highest BCUT2D eigenvalue weighted by atomic mass is 14.9. The van der Waals surface area contributed by atoms with Crippen molar-refractivity contribution in [2.24, 2.45) is 0 Å². The van der Waals surface area contributed by atoms with E-state index in [1.54, 1.807) is 0 Å². The van der Waals surface area contributed by atoms with Crippen LogP contribution in [0.15, 0.2) is 116 Å².